The van der Waals surface area contributed by atoms with Crippen LogP contribution in [0.3, 0.4) is 0 Å². The molecular formula is C15H11NO3S. The van der Waals surface area contributed by atoms with E-state index in [4.69, 9.17) is 10.5 Å². The van der Waals surface area contributed by atoms with Gasteiger partial charge in [0.1, 0.15) is 0 Å². The number of carbonyl (C=O) groups is 1. The highest BCUT2D eigenvalue weighted by atomic mass is 32.1. The van der Waals surface area contributed by atoms with Gasteiger partial charge in [-0.2, -0.15) is 0 Å². The third-order valence-electron chi connectivity index (χ3n) is 3.11. The van der Waals surface area contributed by atoms with Crippen LogP contribution >= 0.6 is 11.3 Å². The minimum absolute atomic E-state index is 0.172. The molecule has 0 bridgehead atoms. The lowest BCUT2D eigenvalue weighted by Crippen LogP contribution is -2.10. The molecule has 0 aliphatic carbocycles. The highest BCUT2D eigenvalue weighted by Crippen LogP contribution is 2.29. The Morgan fingerprint density at radius 1 is 1.20 bits per heavy atom. The molecule has 0 radical (unpaired) electrons. The van der Waals surface area contributed by atoms with Crippen molar-refractivity contribution in [1.82, 2.24) is 0 Å². The monoisotopic (exact) mass is 285 g/mol. The third-order valence-corrected chi connectivity index (χ3v) is 4.23. The fourth-order valence-corrected chi connectivity index (χ4v) is 3.37. The number of nitrogen functional groups attached to an aromatic ring is 1. The van der Waals surface area contributed by atoms with Crippen molar-refractivity contribution in [3.63, 3.8) is 0 Å². The van der Waals surface area contributed by atoms with Gasteiger partial charge in [0.05, 0.1) is 18.1 Å². The summed E-state index contributed by atoms with van der Waals surface area (Å²) < 4.78 is 6.29. The number of anilines is 1. The van der Waals surface area contributed by atoms with Gasteiger partial charge >= 0.3 is 5.97 Å². The maximum absolute atomic E-state index is 12.6. The molecule has 3 aromatic rings. The maximum Gasteiger partial charge on any atom is 0.338 e. The van der Waals surface area contributed by atoms with Crippen molar-refractivity contribution in [3.05, 3.63) is 52.2 Å². The normalized spacial score (nSPS) is 10.8. The molecule has 2 aromatic carbocycles. The standard InChI is InChI=1S/C15H11NO3S/c1-19-15(18)10-6-8(16)7-12-13(10)14(17)9-4-2-3-5-11(9)20-12/h2-7H,16H2,1H3. The number of hydrogen-bond donors (Lipinski definition) is 1. The zero-order valence-corrected chi connectivity index (χ0v) is 11.5. The van der Waals surface area contributed by atoms with Crippen molar-refractivity contribution >= 4 is 43.2 Å². The molecule has 0 spiro atoms. The number of fused-ring (bicyclic) bond motifs is 2. The van der Waals surface area contributed by atoms with E-state index in [1.807, 2.05) is 12.1 Å². The van der Waals surface area contributed by atoms with E-state index in [9.17, 15) is 9.59 Å². The fourth-order valence-electron chi connectivity index (χ4n) is 2.22. The highest BCUT2D eigenvalue weighted by molar-refractivity contribution is 7.24. The van der Waals surface area contributed by atoms with Crippen LogP contribution in [0.15, 0.2) is 41.2 Å². The average Bonchev–Trinajstić information content (AvgIpc) is 2.45. The molecule has 1 heterocycles. The second kappa shape index (κ2) is 4.61. The lowest BCUT2D eigenvalue weighted by Gasteiger charge is -2.07. The number of hydrogen-bond acceptors (Lipinski definition) is 5. The first-order valence-electron chi connectivity index (χ1n) is 5.95. The van der Waals surface area contributed by atoms with E-state index in [1.165, 1.54) is 24.5 Å². The summed E-state index contributed by atoms with van der Waals surface area (Å²) in [4.78, 5) is 24.5. The fraction of sp³-hybridized carbons (Fsp3) is 0.0667. The zero-order valence-electron chi connectivity index (χ0n) is 10.7. The number of nitrogens with two attached hydrogens (primary N) is 1. The number of ether oxygens (including phenoxy) is 1. The average molecular weight is 285 g/mol. The van der Waals surface area contributed by atoms with Crippen molar-refractivity contribution in [2.75, 3.05) is 12.8 Å². The van der Waals surface area contributed by atoms with Gasteiger partial charge in [-0.05, 0) is 24.3 Å². The molecule has 3 rings (SSSR count). The first-order chi connectivity index (χ1) is 9.61. The molecular weight excluding hydrogens is 274 g/mol. The SMILES string of the molecule is COC(=O)c1cc(N)cc2sc3ccccc3c(=O)c12. The summed E-state index contributed by atoms with van der Waals surface area (Å²) in [5.74, 6) is -0.554. The topological polar surface area (TPSA) is 69.4 Å². The largest absolute Gasteiger partial charge is 0.465 e. The van der Waals surface area contributed by atoms with Gasteiger partial charge in [-0.1, -0.05) is 12.1 Å². The molecule has 5 heteroatoms. The molecule has 4 nitrogen and oxygen atoms in total. The predicted molar refractivity (Wildman–Crippen MR) is 81.4 cm³/mol. The van der Waals surface area contributed by atoms with E-state index in [0.717, 1.165) is 4.70 Å². The van der Waals surface area contributed by atoms with Gasteiger partial charge < -0.3 is 10.5 Å². The van der Waals surface area contributed by atoms with Crippen LogP contribution < -0.4 is 11.2 Å². The van der Waals surface area contributed by atoms with E-state index in [2.05, 4.69) is 0 Å². The Hall–Kier alpha value is -2.40. The Morgan fingerprint density at radius 2 is 1.95 bits per heavy atom. The summed E-state index contributed by atoms with van der Waals surface area (Å²) in [5, 5.41) is 0.967. The Morgan fingerprint density at radius 3 is 2.70 bits per heavy atom. The summed E-state index contributed by atoms with van der Waals surface area (Å²) in [6, 6.07) is 10.5. The van der Waals surface area contributed by atoms with E-state index >= 15 is 0 Å². The van der Waals surface area contributed by atoms with Crippen LogP contribution in [0.5, 0.6) is 0 Å². The lowest BCUT2D eigenvalue weighted by molar-refractivity contribution is 0.0603. The summed E-state index contributed by atoms with van der Waals surface area (Å²) in [6.07, 6.45) is 0. The van der Waals surface area contributed by atoms with Gasteiger partial charge in [0.15, 0.2) is 5.43 Å². The van der Waals surface area contributed by atoms with Crippen LogP contribution in [0, 0.1) is 0 Å². The third kappa shape index (κ3) is 1.83. The molecule has 0 amide bonds. The minimum Gasteiger partial charge on any atom is -0.465 e. The second-order valence-electron chi connectivity index (χ2n) is 4.36. The van der Waals surface area contributed by atoms with E-state index in [0.29, 0.717) is 21.2 Å². The van der Waals surface area contributed by atoms with Crippen LogP contribution in [0.4, 0.5) is 5.69 Å². The van der Waals surface area contributed by atoms with Crippen molar-refractivity contribution in [3.8, 4) is 0 Å². The molecule has 20 heavy (non-hydrogen) atoms. The van der Waals surface area contributed by atoms with E-state index in [1.54, 1.807) is 18.2 Å². The molecule has 0 saturated carbocycles. The minimum atomic E-state index is -0.554. The molecule has 0 fully saturated rings. The molecule has 2 N–H and O–H groups in total. The van der Waals surface area contributed by atoms with Gasteiger partial charge in [-0.15, -0.1) is 11.3 Å². The Kier molecular flexibility index (Phi) is 2.91. The van der Waals surface area contributed by atoms with Crippen molar-refractivity contribution in [2.45, 2.75) is 0 Å². The molecule has 0 aliphatic rings. The van der Waals surface area contributed by atoms with Gasteiger partial charge in [-0.3, -0.25) is 4.79 Å². The van der Waals surface area contributed by atoms with Gasteiger partial charge in [-0.25, -0.2) is 4.79 Å². The van der Waals surface area contributed by atoms with E-state index in [-0.39, 0.29) is 11.0 Å². The summed E-state index contributed by atoms with van der Waals surface area (Å²) in [6.45, 7) is 0. The van der Waals surface area contributed by atoms with Gasteiger partial charge in [0.2, 0.25) is 0 Å². The zero-order chi connectivity index (χ0) is 14.3. The number of methoxy groups -OCH3 is 1. The quantitative estimate of drug-likeness (QED) is 0.424. The van der Waals surface area contributed by atoms with Crippen LogP contribution in [0.25, 0.3) is 20.2 Å². The second-order valence-corrected chi connectivity index (χ2v) is 5.44. The smallest absolute Gasteiger partial charge is 0.338 e. The number of carbonyl (C=O) groups excluding carboxylic acids is 1. The van der Waals surface area contributed by atoms with Crippen LogP contribution in [0.2, 0.25) is 0 Å². The highest BCUT2D eigenvalue weighted by Gasteiger charge is 2.16. The van der Waals surface area contributed by atoms with Gasteiger partial charge in [0, 0.05) is 20.5 Å². The van der Waals surface area contributed by atoms with Crippen LogP contribution in [0.1, 0.15) is 10.4 Å². The van der Waals surface area contributed by atoms with E-state index < -0.39 is 5.97 Å². The van der Waals surface area contributed by atoms with Crippen molar-refractivity contribution in [2.24, 2.45) is 0 Å². The van der Waals surface area contributed by atoms with Crippen molar-refractivity contribution in [1.29, 1.82) is 0 Å². The number of benzene rings is 2. The molecule has 0 unspecified atom stereocenters. The molecule has 0 aliphatic heterocycles. The molecule has 1 aromatic heterocycles. The first-order valence-corrected chi connectivity index (χ1v) is 6.77. The summed E-state index contributed by atoms with van der Waals surface area (Å²) in [7, 11) is 1.28. The summed E-state index contributed by atoms with van der Waals surface area (Å²) in [5.41, 5.74) is 6.29. The Bertz CT molecular complexity index is 899. The maximum atomic E-state index is 12.6. The lowest BCUT2D eigenvalue weighted by atomic mass is 10.1. The molecule has 0 atom stereocenters. The summed E-state index contributed by atoms with van der Waals surface area (Å²) >= 11 is 1.43. The Balaban J connectivity index is 2.55. The number of rotatable bonds is 1. The first kappa shape index (κ1) is 12.6. The van der Waals surface area contributed by atoms with Crippen molar-refractivity contribution < 1.29 is 9.53 Å². The number of esters is 1. The molecule has 100 valence electrons. The molecule has 0 saturated heterocycles. The Labute approximate surface area is 118 Å². The van der Waals surface area contributed by atoms with Gasteiger partial charge in [0.25, 0.3) is 0 Å². The van der Waals surface area contributed by atoms with Crippen LogP contribution in [-0.2, 0) is 4.74 Å². The predicted octanol–water partition coefficient (Wildman–Crippen LogP) is 2.78. The van der Waals surface area contributed by atoms with Crippen LogP contribution in [-0.4, -0.2) is 13.1 Å².